The van der Waals surface area contributed by atoms with Crippen LogP contribution < -0.4 is 4.74 Å². The molecule has 1 aromatic carbocycles. The molecule has 184 valence electrons. The van der Waals surface area contributed by atoms with Gasteiger partial charge in [0.1, 0.15) is 0 Å². The lowest BCUT2D eigenvalue weighted by molar-refractivity contribution is 0.138. The molecule has 0 radical (unpaired) electrons. The molecule has 0 fully saturated rings. The van der Waals surface area contributed by atoms with Crippen molar-refractivity contribution in [3.63, 3.8) is 0 Å². The first-order valence-electron chi connectivity index (χ1n) is 10.8. The van der Waals surface area contributed by atoms with Crippen LogP contribution in [0.15, 0.2) is 23.3 Å². The van der Waals surface area contributed by atoms with Crippen molar-refractivity contribution in [3.05, 3.63) is 28.8 Å². The molecule has 0 saturated carbocycles. The predicted octanol–water partition coefficient (Wildman–Crippen LogP) is 7.18. The van der Waals surface area contributed by atoms with Crippen molar-refractivity contribution < 1.29 is 37.1 Å². The second-order valence-electron chi connectivity index (χ2n) is 8.27. The number of hydrogen-bond donors (Lipinski definition) is 1. The summed E-state index contributed by atoms with van der Waals surface area (Å²) in [6, 6.07) is 4.55. The van der Waals surface area contributed by atoms with E-state index in [4.69, 9.17) is 22.8 Å². The Morgan fingerprint density at radius 3 is 1.59 bits per heavy atom. The Labute approximate surface area is 192 Å². The Balaban J connectivity index is 3.86. The number of benzene rings is 1. The van der Waals surface area contributed by atoms with E-state index in [-0.39, 0.29) is 16.6 Å². The molecule has 0 saturated heterocycles. The van der Waals surface area contributed by atoms with Crippen LogP contribution in [-0.4, -0.2) is 36.1 Å². The molecule has 0 bridgehead atoms. The summed E-state index contributed by atoms with van der Waals surface area (Å²) in [5, 5.41) is 9.84. The number of phenolic OH excluding ortho intramolecular Hbond substituents is 1. The van der Waals surface area contributed by atoms with Crippen molar-refractivity contribution >= 4 is 21.3 Å². The maximum Gasteiger partial charge on any atom is 0.370 e. The van der Waals surface area contributed by atoms with E-state index in [2.05, 4.69) is 0 Å². The van der Waals surface area contributed by atoms with Crippen molar-refractivity contribution in [2.45, 2.75) is 86.7 Å². The topological polar surface area (TPSA) is 101 Å². The average molecular weight is 492 g/mol. The van der Waals surface area contributed by atoms with E-state index in [1.807, 2.05) is 0 Å². The summed E-state index contributed by atoms with van der Waals surface area (Å²) in [6.45, 7) is 15.8. The van der Waals surface area contributed by atoms with E-state index in [1.165, 1.54) is 12.1 Å². The Kier molecular flexibility index (Phi) is 11.2. The molecule has 0 atom stereocenters. The molecular formula is C22H38O8P2. The summed E-state index contributed by atoms with van der Waals surface area (Å²) in [4.78, 5) is 0. The lowest BCUT2D eigenvalue weighted by atomic mass is 10.2. The molecule has 8 nitrogen and oxygen atoms in total. The molecule has 10 heteroatoms. The van der Waals surface area contributed by atoms with Gasteiger partial charge >= 0.3 is 15.2 Å². The van der Waals surface area contributed by atoms with E-state index in [0.717, 1.165) is 0 Å². The molecule has 0 spiro atoms. The van der Waals surface area contributed by atoms with Crippen LogP contribution in [0, 0.1) is 0 Å². The average Bonchev–Trinajstić information content (AvgIpc) is 2.59. The molecule has 0 aliphatic heterocycles. The Morgan fingerprint density at radius 2 is 1.25 bits per heavy atom. The fraction of sp³-hybridized carbons (Fsp3) is 0.636. The van der Waals surface area contributed by atoms with Gasteiger partial charge in [0.25, 0.3) is 0 Å². The first-order valence-corrected chi connectivity index (χ1v) is 13.9. The van der Waals surface area contributed by atoms with E-state index >= 15 is 0 Å². The second kappa shape index (κ2) is 12.4. The lowest BCUT2D eigenvalue weighted by Crippen LogP contribution is -2.14. The summed E-state index contributed by atoms with van der Waals surface area (Å²) in [5.41, 5.74) is 0.459. The number of hydrogen-bond acceptors (Lipinski definition) is 8. The Morgan fingerprint density at radius 1 is 0.844 bits per heavy atom. The SMILES string of the molecule is CCOc1cc(C=C(P(=O)(OC(C)C)OC(C)C)P(=O)(OC(C)C)OC(C)C)ccc1O. The van der Waals surface area contributed by atoms with Gasteiger partial charge in [0.05, 0.1) is 31.0 Å². The van der Waals surface area contributed by atoms with E-state index < -0.39 is 39.6 Å². The standard InChI is InChI=1S/C22H38O8P2/c1-10-26-21-13-19(11-12-20(21)23)14-22(31(24,27-15(2)3)28-16(4)5)32(25,29-17(6)7)30-18(8)9/h11-18,23H,10H2,1-9H3. The molecule has 1 N–H and O–H groups in total. The van der Waals surface area contributed by atoms with Crippen molar-refractivity contribution in [1.82, 2.24) is 0 Å². The van der Waals surface area contributed by atoms with E-state index in [0.29, 0.717) is 12.2 Å². The van der Waals surface area contributed by atoms with E-state index in [1.54, 1.807) is 74.4 Å². The van der Waals surface area contributed by atoms with Gasteiger partial charge in [0.15, 0.2) is 16.6 Å². The van der Waals surface area contributed by atoms with Crippen LogP contribution in [-0.2, 0) is 27.2 Å². The molecule has 1 aromatic rings. The maximum atomic E-state index is 14.1. The van der Waals surface area contributed by atoms with Gasteiger partial charge in [-0.25, -0.2) is 0 Å². The number of phenols is 1. The predicted molar refractivity (Wildman–Crippen MR) is 127 cm³/mol. The highest BCUT2D eigenvalue weighted by Crippen LogP contribution is 2.75. The minimum absolute atomic E-state index is 0.0503. The van der Waals surface area contributed by atoms with Gasteiger partial charge in [0.2, 0.25) is 0 Å². The highest BCUT2D eigenvalue weighted by molar-refractivity contribution is 7.79. The molecule has 0 aliphatic rings. The Hall–Kier alpha value is -1.14. The van der Waals surface area contributed by atoms with Crippen molar-refractivity contribution in [1.29, 1.82) is 0 Å². The summed E-state index contributed by atoms with van der Waals surface area (Å²) in [7, 11) is -8.28. The second-order valence-corrected chi connectivity index (χ2v) is 12.4. The first kappa shape index (κ1) is 28.9. The zero-order valence-electron chi connectivity index (χ0n) is 20.5. The molecule has 0 amide bonds. The molecule has 32 heavy (non-hydrogen) atoms. The molecular weight excluding hydrogens is 454 g/mol. The number of aromatic hydroxyl groups is 1. The smallest absolute Gasteiger partial charge is 0.370 e. The highest BCUT2D eigenvalue weighted by atomic mass is 31.2. The van der Waals surface area contributed by atoms with Gasteiger partial charge < -0.3 is 27.9 Å². The van der Waals surface area contributed by atoms with Crippen LogP contribution in [0.4, 0.5) is 0 Å². The van der Waals surface area contributed by atoms with Crippen LogP contribution in [0.25, 0.3) is 6.08 Å². The summed E-state index contributed by atoms with van der Waals surface area (Å²) >= 11 is 0. The minimum Gasteiger partial charge on any atom is -0.504 e. The van der Waals surface area contributed by atoms with Crippen LogP contribution in [0.3, 0.4) is 0 Å². The maximum absolute atomic E-state index is 14.1. The van der Waals surface area contributed by atoms with Crippen LogP contribution in [0.2, 0.25) is 0 Å². The van der Waals surface area contributed by atoms with Gasteiger partial charge in [-0.2, -0.15) is 0 Å². The minimum atomic E-state index is -4.14. The van der Waals surface area contributed by atoms with Gasteiger partial charge in [-0.05, 0) is 86.1 Å². The van der Waals surface area contributed by atoms with Crippen molar-refractivity contribution in [3.8, 4) is 11.5 Å². The third-order valence-corrected chi connectivity index (χ3v) is 9.19. The lowest BCUT2D eigenvalue weighted by Gasteiger charge is -2.30. The monoisotopic (exact) mass is 492 g/mol. The van der Waals surface area contributed by atoms with Gasteiger partial charge in [0, 0.05) is 0 Å². The van der Waals surface area contributed by atoms with E-state index in [9.17, 15) is 14.2 Å². The fourth-order valence-electron chi connectivity index (χ4n) is 2.72. The summed E-state index contributed by atoms with van der Waals surface area (Å²) < 4.78 is 56.6. The van der Waals surface area contributed by atoms with Crippen molar-refractivity contribution in [2.24, 2.45) is 0 Å². The zero-order valence-corrected chi connectivity index (χ0v) is 22.3. The van der Waals surface area contributed by atoms with Crippen LogP contribution in [0.1, 0.15) is 67.9 Å². The Bertz CT molecular complexity index is 793. The number of ether oxygens (including phenoxy) is 1. The number of rotatable bonds is 13. The van der Waals surface area contributed by atoms with Gasteiger partial charge in [-0.15, -0.1) is 0 Å². The molecule has 1 rings (SSSR count). The van der Waals surface area contributed by atoms with Gasteiger partial charge in [-0.3, -0.25) is 9.13 Å². The molecule has 0 unspecified atom stereocenters. The molecule has 0 aromatic heterocycles. The fourth-order valence-corrected chi connectivity index (χ4v) is 7.86. The van der Waals surface area contributed by atoms with Crippen LogP contribution >= 0.6 is 15.2 Å². The van der Waals surface area contributed by atoms with Gasteiger partial charge in [-0.1, -0.05) is 6.07 Å². The normalized spacial score (nSPS) is 12.8. The molecule has 0 heterocycles. The summed E-state index contributed by atoms with van der Waals surface area (Å²) in [5.74, 6) is 0.181. The zero-order chi connectivity index (χ0) is 24.7. The first-order chi connectivity index (χ1) is 14.7. The van der Waals surface area contributed by atoms with Crippen LogP contribution in [0.5, 0.6) is 11.5 Å². The highest BCUT2D eigenvalue weighted by Gasteiger charge is 2.47. The third-order valence-electron chi connectivity index (χ3n) is 3.54. The van der Waals surface area contributed by atoms with Crippen molar-refractivity contribution in [2.75, 3.05) is 6.61 Å². The quantitative estimate of drug-likeness (QED) is 0.289. The molecule has 0 aliphatic carbocycles. The third kappa shape index (κ3) is 8.66. The summed E-state index contributed by atoms with van der Waals surface area (Å²) in [6.07, 6.45) is -0.553. The largest absolute Gasteiger partial charge is 0.504 e.